The number of nitrogens with zero attached hydrogens (tertiary/aromatic N) is 2. The molecule has 0 atom stereocenters. The second-order valence-electron chi connectivity index (χ2n) is 4.35. The molecular formula is C15H18N2O. The lowest BCUT2D eigenvalue weighted by molar-refractivity contribution is 0.414. The van der Waals surface area contributed by atoms with E-state index in [9.17, 15) is 0 Å². The lowest BCUT2D eigenvalue weighted by Gasteiger charge is -2.07. The Morgan fingerprint density at radius 3 is 2.44 bits per heavy atom. The normalized spacial score (nSPS) is 10.4. The van der Waals surface area contributed by atoms with Crippen molar-refractivity contribution in [2.45, 2.75) is 26.7 Å². The summed E-state index contributed by atoms with van der Waals surface area (Å²) in [6.45, 7) is 4.20. The van der Waals surface area contributed by atoms with Crippen molar-refractivity contribution in [1.82, 2.24) is 9.97 Å². The standard InChI is InChI=1S/C15H18N2O/c1-4-5-12-9-16-15(17-10-12)14-7-6-13(18-3)8-11(14)2/h6-10H,4-5H2,1-3H3. The fourth-order valence-corrected chi connectivity index (χ4v) is 1.93. The van der Waals surface area contributed by atoms with Crippen LogP contribution in [0.1, 0.15) is 24.5 Å². The Balaban J connectivity index is 2.30. The van der Waals surface area contributed by atoms with E-state index in [4.69, 9.17) is 4.74 Å². The molecule has 0 spiro atoms. The average molecular weight is 242 g/mol. The molecule has 0 saturated carbocycles. The third-order valence-corrected chi connectivity index (χ3v) is 2.92. The van der Waals surface area contributed by atoms with Crippen LogP contribution in [0, 0.1) is 6.92 Å². The Morgan fingerprint density at radius 2 is 1.89 bits per heavy atom. The Kier molecular flexibility index (Phi) is 3.92. The van der Waals surface area contributed by atoms with Gasteiger partial charge in [0.1, 0.15) is 5.75 Å². The van der Waals surface area contributed by atoms with E-state index in [1.54, 1.807) is 7.11 Å². The first kappa shape index (κ1) is 12.6. The van der Waals surface area contributed by atoms with Gasteiger partial charge in [-0.15, -0.1) is 0 Å². The summed E-state index contributed by atoms with van der Waals surface area (Å²) in [6.07, 6.45) is 5.97. The van der Waals surface area contributed by atoms with Gasteiger partial charge in [0.2, 0.25) is 0 Å². The number of aromatic nitrogens is 2. The minimum atomic E-state index is 0.773. The number of rotatable bonds is 4. The monoisotopic (exact) mass is 242 g/mol. The van der Waals surface area contributed by atoms with Gasteiger partial charge in [0.25, 0.3) is 0 Å². The number of methoxy groups -OCH3 is 1. The summed E-state index contributed by atoms with van der Waals surface area (Å²) >= 11 is 0. The highest BCUT2D eigenvalue weighted by Gasteiger charge is 2.06. The smallest absolute Gasteiger partial charge is 0.159 e. The first-order valence-corrected chi connectivity index (χ1v) is 6.20. The molecule has 1 heterocycles. The second-order valence-corrected chi connectivity index (χ2v) is 4.35. The van der Waals surface area contributed by atoms with Gasteiger partial charge in [0.15, 0.2) is 5.82 Å². The predicted molar refractivity (Wildman–Crippen MR) is 72.8 cm³/mol. The average Bonchev–Trinajstić information content (AvgIpc) is 2.40. The van der Waals surface area contributed by atoms with E-state index < -0.39 is 0 Å². The summed E-state index contributed by atoms with van der Waals surface area (Å²) in [5, 5.41) is 0. The van der Waals surface area contributed by atoms with Crippen molar-refractivity contribution in [3.63, 3.8) is 0 Å². The zero-order valence-corrected chi connectivity index (χ0v) is 11.1. The van der Waals surface area contributed by atoms with E-state index in [0.29, 0.717) is 0 Å². The quantitative estimate of drug-likeness (QED) is 0.824. The highest BCUT2D eigenvalue weighted by atomic mass is 16.5. The Bertz CT molecular complexity index is 521. The molecule has 0 saturated heterocycles. The predicted octanol–water partition coefficient (Wildman–Crippen LogP) is 3.41. The Morgan fingerprint density at radius 1 is 1.17 bits per heavy atom. The van der Waals surface area contributed by atoms with Gasteiger partial charge in [-0.05, 0) is 42.7 Å². The number of hydrogen-bond donors (Lipinski definition) is 0. The number of ether oxygens (including phenoxy) is 1. The second kappa shape index (κ2) is 5.63. The van der Waals surface area contributed by atoms with Crippen molar-refractivity contribution >= 4 is 0 Å². The van der Waals surface area contributed by atoms with Crippen LogP contribution in [0.15, 0.2) is 30.6 Å². The van der Waals surface area contributed by atoms with E-state index in [0.717, 1.165) is 35.5 Å². The minimum absolute atomic E-state index is 0.773. The summed E-state index contributed by atoms with van der Waals surface area (Å²) in [7, 11) is 1.67. The number of aryl methyl sites for hydroxylation is 2. The van der Waals surface area contributed by atoms with Crippen LogP contribution in [-0.4, -0.2) is 17.1 Å². The first-order chi connectivity index (χ1) is 8.74. The molecule has 1 aromatic carbocycles. The van der Waals surface area contributed by atoms with Crippen LogP contribution in [0.25, 0.3) is 11.4 Å². The lowest BCUT2D eigenvalue weighted by atomic mass is 10.1. The molecule has 0 aliphatic rings. The van der Waals surface area contributed by atoms with Crippen LogP contribution in [-0.2, 0) is 6.42 Å². The maximum Gasteiger partial charge on any atom is 0.159 e. The van der Waals surface area contributed by atoms with Gasteiger partial charge in [-0.2, -0.15) is 0 Å². The van der Waals surface area contributed by atoms with E-state index in [2.05, 4.69) is 16.9 Å². The molecule has 0 aliphatic carbocycles. The SMILES string of the molecule is CCCc1cnc(-c2ccc(OC)cc2C)nc1. The molecule has 0 amide bonds. The first-order valence-electron chi connectivity index (χ1n) is 6.20. The number of hydrogen-bond acceptors (Lipinski definition) is 3. The van der Waals surface area contributed by atoms with E-state index >= 15 is 0 Å². The highest BCUT2D eigenvalue weighted by molar-refractivity contribution is 5.61. The Labute approximate surface area is 108 Å². The van der Waals surface area contributed by atoms with Crippen molar-refractivity contribution in [3.05, 3.63) is 41.7 Å². The van der Waals surface area contributed by atoms with Crippen molar-refractivity contribution in [3.8, 4) is 17.1 Å². The molecule has 0 unspecified atom stereocenters. The lowest BCUT2D eigenvalue weighted by Crippen LogP contribution is -1.94. The minimum Gasteiger partial charge on any atom is -0.497 e. The molecule has 0 N–H and O–H groups in total. The zero-order valence-electron chi connectivity index (χ0n) is 11.1. The molecule has 94 valence electrons. The van der Waals surface area contributed by atoms with Gasteiger partial charge in [-0.25, -0.2) is 9.97 Å². The van der Waals surface area contributed by atoms with Crippen LogP contribution in [0.4, 0.5) is 0 Å². The maximum atomic E-state index is 5.20. The van der Waals surface area contributed by atoms with E-state index in [-0.39, 0.29) is 0 Å². The molecule has 1 aromatic heterocycles. The van der Waals surface area contributed by atoms with Crippen molar-refractivity contribution in [2.75, 3.05) is 7.11 Å². The molecular weight excluding hydrogens is 224 g/mol. The van der Waals surface area contributed by atoms with Gasteiger partial charge >= 0.3 is 0 Å². The van der Waals surface area contributed by atoms with Gasteiger partial charge in [0, 0.05) is 18.0 Å². The van der Waals surface area contributed by atoms with Gasteiger partial charge in [-0.3, -0.25) is 0 Å². The van der Waals surface area contributed by atoms with Crippen molar-refractivity contribution in [2.24, 2.45) is 0 Å². The largest absolute Gasteiger partial charge is 0.497 e. The molecule has 0 radical (unpaired) electrons. The molecule has 2 aromatic rings. The van der Waals surface area contributed by atoms with E-state index in [1.165, 1.54) is 5.56 Å². The fourth-order valence-electron chi connectivity index (χ4n) is 1.93. The molecule has 3 heteroatoms. The van der Waals surface area contributed by atoms with Gasteiger partial charge in [-0.1, -0.05) is 13.3 Å². The maximum absolute atomic E-state index is 5.20. The third kappa shape index (κ3) is 2.67. The molecule has 0 aliphatic heterocycles. The van der Waals surface area contributed by atoms with Gasteiger partial charge < -0.3 is 4.74 Å². The summed E-state index contributed by atoms with van der Waals surface area (Å²) in [6, 6.07) is 5.94. The van der Waals surface area contributed by atoms with E-state index in [1.807, 2.05) is 37.5 Å². The van der Waals surface area contributed by atoms with Crippen LogP contribution in [0.3, 0.4) is 0 Å². The van der Waals surface area contributed by atoms with Crippen LogP contribution < -0.4 is 4.74 Å². The topological polar surface area (TPSA) is 35.0 Å². The van der Waals surface area contributed by atoms with Crippen LogP contribution >= 0.6 is 0 Å². The van der Waals surface area contributed by atoms with Crippen LogP contribution in [0.2, 0.25) is 0 Å². The molecule has 0 fully saturated rings. The fraction of sp³-hybridized carbons (Fsp3) is 0.333. The highest BCUT2D eigenvalue weighted by Crippen LogP contribution is 2.23. The molecule has 0 bridgehead atoms. The van der Waals surface area contributed by atoms with Gasteiger partial charge in [0.05, 0.1) is 7.11 Å². The number of benzene rings is 1. The van der Waals surface area contributed by atoms with Crippen molar-refractivity contribution in [1.29, 1.82) is 0 Å². The summed E-state index contributed by atoms with van der Waals surface area (Å²) < 4.78 is 5.20. The molecule has 2 rings (SSSR count). The Hall–Kier alpha value is -1.90. The van der Waals surface area contributed by atoms with Crippen LogP contribution in [0.5, 0.6) is 5.75 Å². The zero-order chi connectivity index (χ0) is 13.0. The molecule has 18 heavy (non-hydrogen) atoms. The third-order valence-electron chi connectivity index (χ3n) is 2.92. The summed E-state index contributed by atoms with van der Waals surface area (Å²) in [4.78, 5) is 8.86. The summed E-state index contributed by atoms with van der Waals surface area (Å²) in [5.41, 5.74) is 3.36. The molecule has 3 nitrogen and oxygen atoms in total. The summed E-state index contributed by atoms with van der Waals surface area (Å²) in [5.74, 6) is 1.63. The van der Waals surface area contributed by atoms with Crippen molar-refractivity contribution < 1.29 is 4.74 Å².